The Bertz CT molecular complexity index is 399. The number of methoxy groups -OCH3 is 1. The summed E-state index contributed by atoms with van der Waals surface area (Å²) in [5.74, 6) is -0.0223. The topological polar surface area (TPSA) is 26.3 Å². The summed E-state index contributed by atoms with van der Waals surface area (Å²) in [6.45, 7) is 4.20. The van der Waals surface area contributed by atoms with E-state index in [1.54, 1.807) is 11.8 Å². The van der Waals surface area contributed by atoms with E-state index in [4.69, 9.17) is 4.74 Å². The number of carbonyl (C=O) groups is 1. The number of hydrogen-bond acceptors (Lipinski definition) is 3. The molecule has 1 fully saturated rings. The van der Waals surface area contributed by atoms with Crippen LogP contribution in [0, 0.1) is 12.8 Å². The number of carbonyl (C=O) groups excluding carboxylic acids is 1. The molecule has 86 valence electrons. The Morgan fingerprint density at radius 1 is 1.44 bits per heavy atom. The molecule has 2 nitrogen and oxygen atoms in total. The van der Waals surface area contributed by atoms with Crippen molar-refractivity contribution in [3.05, 3.63) is 29.8 Å². The molecule has 3 heteroatoms. The summed E-state index contributed by atoms with van der Waals surface area (Å²) < 4.78 is 4.80. The molecule has 0 N–H and O–H groups in total. The zero-order valence-corrected chi connectivity index (χ0v) is 10.6. The third kappa shape index (κ3) is 2.24. The van der Waals surface area contributed by atoms with E-state index in [1.807, 2.05) is 0 Å². The van der Waals surface area contributed by atoms with Crippen LogP contribution in [0.2, 0.25) is 0 Å². The summed E-state index contributed by atoms with van der Waals surface area (Å²) in [5.41, 5.74) is 1.26. The smallest absolute Gasteiger partial charge is 0.310 e. The molecule has 0 unspecified atom stereocenters. The van der Waals surface area contributed by atoms with Gasteiger partial charge in [0.2, 0.25) is 0 Å². The van der Waals surface area contributed by atoms with E-state index in [1.165, 1.54) is 17.6 Å². The number of rotatable bonds is 3. The fourth-order valence-corrected chi connectivity index (χ4v) is 3.11. The van der Waals surface area contributed by atoms with Crippen LogP contribution in [-0.4, -0.2) is 17.8 Å². The minimum Gasteiger partial charge on any atom is -0.469 e. The van der Waals surface area contributed by atoms with Gasteiger partial charge in [-0.05, 0) is 32.4 Å². The highest BCUT2D eigenvalue weighted by Crippen LogP contribution is 2.56. The first-order chi connectivity index (χ1) is 7.55. The molecule has 0 heterocycles. The Balaban J connectivity index is 2.01. The van der Waals surface area contributed by atoms with Gasteiger partial charge in [0.1, 0.15) is 0 Å². The lowest BCUT2D eigenvalue weighted by atomic mass is 10.2. The van der Waals surface area contributed by atoms with Crippen LogP contribution in [-0.2, 0) is 9.53 Å². The lowest BCUT2D eigenvalue weighted by molar-refractivity contribution is -0.142. The Hall–Kier alpha value is -0.960. The van der Waals surface area contributed by atoms with Crippen LogP contribution < -0.4 is 0 Å². The molecule has 0 aliphatic heterocycles. The minimum absolute atomic E-state index is 0.0301. The maximum atomic E-state index is 11.4. The predicted molar refractivity (Wildman–Crippen MR) is 65.6 cm³/mol. The standard InChI is InChI=1S/C13H16O2S/c1-9-4-6-10(7-5-9)16-13(2)8-11(13)12(14)15-3/h4-7,11H,8H2,1-3H3/t11-,13+/m0/s1. The lowest BCUT2D eigenvalue weighted by Gasteiger charge is -2.10. The van der Waals surface area contributed by atoms with Gasteiger partial charge in [0, 0.05) is 9.64 Å². The maximum Gasteiger partial charge on any atom is 0.310 e. The molecule has 1 aromatic carbocycles. The number of benzene rings is 1. The summed E-state index contributed by atoms with van der Waals surface area (Å²) in [6.07, 6.45) is 0.915. The van der Waals surface area contributed by atoms with E-state index in [-0.39, 0.29) is 16.6 Å². The summed E-state index contributed by atoms with van der Waals surface area (Å²) in [6, 6.07) is 8.41. The van der Waals surface area contributed by atoms with E-state index in [9.17, 15) is 4.79 Å². The van der Waals surface area contributed by atoms with Crippen molar-refractivity contribution < 1.29 is 9.53 Å². The van der Waals surface area contributed by atoms with Crippen molar-refractivity contribution in [2.75, 3.05) is 7.11 Å². The molecule has 0 saturated heterocycles. The third-order valence-electron chi connectivity index (χ3n) is 3.04. The molecule has 0 amide bonds. The van der Waals surface area contributed by atoms with E-state index >= 15 is 0 Å². The molecule has 2 rings (SSSR count). The van der Waals surface area contributed by atoms with Crippen LogP contribution in [0.15, 0.2) is 29.2 Å². The number of hydrogen-bond donors (Lipinski definition) is 0. The van der Waals surface area contributed by atoms with E-state index < -0.39 is 0 Å². The average molecular weight is 236 g/mol. The van der Waals surface area contributed by atoms with Gasteiger partial charge < -0.3 is 4.74 Å². The van der Waals surface area contributed by atoms with Crippen LogP contribution in [0.4, 0.5) is 0 Å². The molecule has 0 aromatic heterocycles. The zero-order chi connectivity index (χ0) is 11.8. The second-order valence-corrected chi connectivity index (χ2v) is 6.12. The predicted octanol–water partition coefficient (Wildman–Crippen LogP) is 3.04. The van der Waals surface area contributed by atoms with Gasteiger partial charge in [0.15, 0.2) is 0 Å². The van der Waals surface area contributed by atoms with Gasteiger partial charge in [0.25, 0.3) is 0 Å². The first-order valence-corrected chi connectivity index (χ1v) is 6.20. The molecular formula is C13H16O2S. The van der Waals surface area contributed by atoms with Crippen LogP contribution in [0.1, 0.15) is 18.9 Å². The molecule has 0 bridgehead atoms. The Morgan fingerprint density at radius 3 is 2.62 bits per heavy atom. The molecule has 1 saturated carbocycles. The first kappa shape index (κ1) is 11.5. The van der Waals surface area contributed by atoms with Gasteiger partial charge in [-0.1, -0.05) is 17.7 Å². The fourth-order valence-electron chi connectivity index (χ4n) is 1.81. The van der Waals surface area contributed by atoms with E-state index in [0.29, 0.717) is 0 Å². The minimum atomic E-state index is -0.0814. The highest BCUT2D eigenvalue weighted by Gasteiger charge is 2.56. The average Bonchev–Trinajstić information content (AvgIpc) is 2.93. The van der Waals surface area contributed by atoms with Crippen LogP contribution >= 0.6 is 11.8 Å². The third-order valence-corrected chi connectivity index (χ3v) is 4.47. The van der Waals surface area contributed by atoms with Crippen molar-refractivity contribution in [2.24, 2.45) is 5.92 Å². The highest BCUT2D eigenvalue weighted by molar-refractivity contribution is 8.01. The number of esters is 1. The molecular weight excluding hydrogens is 220 g/mol. The summed E-state index contributed by atoms with van der Waals surface area (Å²) in [4.78, 5) is 12.6. The van der Waals surface area contributed by atoms with Gasteiger partial charge in [-0.25, -0.2) is 0 Å². The molecule has 1 aliphatic rings. The lowest BCUT2D eigenvalue weighted by Crippen LogP contribution is -2.11. The van der Waals surface area contributed by atoms with E-state index in [0.717, 1.165) is 6.42 Å². The van der Waals surface area contributed by atoms with Crippen molar-refractivity contribution in [1.29, 1.82) is 0 Å². The molecule has 1 aromatic rings. The number of ether oxygens (including phenoxy) is 1. The molecule has 0 spiro atoms. The van der Waals surface area contributed by atoms with Crippen molar-refractivity contribution in [3.8, 4) is 0 Å². The number of thioether (sulfide) groups is 1. The first-order valence-electron chi connectivity index (χ1n) is 5.39. The Kier molecular flexibility index (Phi) is 2.98. The second kappa shape index (κ2) is 4.13. The van der Waals surface area contributed by atoms with Gasteiger partial charge >= 0.3 is 5.97 Å². The zero-order valence-electron chi connectivity index (χ0n) is 9.82. The largest absolute Gasteiger partial charge is 0.469 e. The van der Waals surface area contributed by atoms with Gasteiger partial charge in [0.05, 0.1) is 13.0 Å². The monoisotopic (exact) mass is 236 g/mol. The normalized spacial score (nSPS) is 27.6. The SMILES string of the molecule is COC(=O)[C@@H]1C[C@@]1(C)Sc1ccc(C)cc1. The molecule has 1 aliphatic carbocycles. The fraction of sp³-hybridized carbons (Fsp3) is 0.462. The van der Waals surface area contributed by atoms with E-state index in [2.05, 4.69) is 38.1 Å². The molecule has 16 heavy (non-hydrogen) atoms. The van der Waals surface area contributed by atoms with Crippen molar-refractivity contribution in [2.45, 2.75) is 29.9 Å². The van der Waals surface area contributed by atoms with Crippen LogP contribution in [0.5, 0.6) is 0 Å². The molecule has 0 radical (unpaired) electrons. The van der Waals surface area contributed by atoms with Crippen LogP contribution in [0.3, 0.4) is 0 Å². The van der Waals surface area contributed by atoms with Crippen molar-refractivity contribution >= 4 is 17.7 Å². The quantitative estimate of drug-likeness (QED) is 0.755. The summed E-state index contributed by atoms with van der Waals surface area (Å²) >= 11 is 1.77. The molecule has 2 atom stereocenters. The summed E-state index contributed by atoms with van der Waals surface area (Å²) in [7, 11) is 1.46. The highest BCUT2D eigenvalue weighted by atomic mass is 32.2. The van der Waals surface area contributed by atoms with Gasteiger partial charge in [-0.15, -0.1) is 11.8 Å². The maximum absolute atomic E-state index is 11.4. The van der Waals surface area contributed by atoms with Crippen LogP contribution in [0.25, 0.3) is 0 Å². The Morgan fingerprint density at radius 2 is 2.06 bits per heavy atom. The second-order valence-electron chi connectivity index (χ2n) is 4.51. The summed E-state index contributed by atoms with van der Waals surface area (Å²) in [5, 5.41) is 0. The van der Waals surface area contributed by atoms with Gasteiger partial charge in [-0.2, -0.15) is 0 Å². The van der Waals surface area contributed by atoms with Crippen molar-refractivity contribution in [3.63, 3.8) is 0 Å². The van der Waals surface area contributed by atoms with Crippen molar-refractivity contribution in [1.82, 2.24) is 0 Å². The number of aryl methyl sites for hydroxylation is 1. The Labute approximate surface area is 100 Å². The van der Waals surface area contributed by atoms with Gasteiger partial charge in [-0.3, -0.25) is 4.79 Å².